The summed E-state index contributed by atoms with van der Waals surface area (Å²) in [7, 11) is 0. The van der Waals surface area contributed by atoms with Crippen LogP contribution in [0.2, 0.25) is 0 Å². The molecule has 11 heteroatoms. The Morgan fingerprint density at radius 2 is 1.94 bits per heavy atom. The molecule has 0 unspecified atom stereocenters. The molecule has 2 amide bonds. The van der Waals surface area contributed by atoms with Gasteiger partial charge in [0.2, 0.25) is 5.95 Å². The van der Waals surface area contributed by atoms with Crippen LogP contribution >= 0.6 is 0 Å². The van der Waals surface area contributed by atoms with E-state index in [4.69, 9.17) is 5.73 Å². The maximum Gasteiger partial charge on any atom is 0.407 e. The number of primary amides is 1. The van der Waals surface area contributed by atoms with Crippen molar-refractivity contribution in [3.05, 3.63) is 54.5 Å². The maximum atomic E-state index is 11.9. The molecule has 0 atom stereocenters. The van der Waals surface area contributed by atoms with Gasteiger partial charge in [-0.3, -0.25) is 4.79 Å². The fraction of sp³-hybridized carbons (Fsp3) is 0.273. The van der Waals surface area contributed by atoms with Gasteiger partial charge in [-0.2, -0.15) is 4.98 Å². The summed E-state index contributed by atoms with van der Waals surface area (Å²) in [6.07, 6.45) is 6.23. The maximum absolute atomic E-state index is 11.9. The number of nitrogens with one attached hydrogen (secondary N) is 2. The number of aromatic nitrogens is 4. The number of amides is 2. The van der Waals surface area contributed by atoms with E-state index in [2.05, 4.69) is 30.6 Å². The van der Waals surface area contributed by atoms with E-state index >= 15 is 0 Å². The first kappa shape index (κ1) is 21.9. The van der Waals surface area contributed by atoms with Gasteiger partial charge < -0.3 is 26.4 Å². The molecule has 33 heavy (non-hydrogen) atoms. The highest BCUT2D eigenvalue weighted by atomic mass is 16.4. The predicted octanol–water partition coefficient (Wildman–Crippen LogP) is 2.72. The average molecular weight is 448 g/mol. The minimum Gasteiger partial charge on any atom is -0.465 e. The highest BCUT2D eigenvalue weighted by Crippen LogP contribution is 2.27. The average Bonchev–Trinajstić information content (AvgIpc) is 3.65. The Hall–Kier alpha value is -4.28. The van der Waals surface area contributed by atoms with Gasteiger partial charge in [0.15, 0.2) is 5.82 Å². The molecule has 0 radical (unpaired) electrons. The summed E-state index contributed by atoms with van der Waals surface area (Å²) < 4.78 is 0. The van der Waals surface area contributed by atoms with Crippen LogP contribution in [0.15, 0.2) is 48.9 Å². The van der Waals surface area contributed by atoms with Gasteiger partial charge in [0.1, 0.15) is 11.4 Å². The van der Waals surface area contributed by atoms with E-state index < -0.39 is 12.0 Å². The molecule has 5 N–H and O–H groups in total. The largest absolute Gasteiger partial charge is 0.465 e. The molecule has 0 spiro atoms. The molecule has 0 aliphatic heterocycles. The molecule has 1 fully saturated rings. The second-order valence-corrected chi connectivity index (χ2v) is 7.59. The number of carboxylic acid groups (broad SMARTS) is 1. The smallest absolute Gasteiger partial charge is 0.407 e. The van der Waals surface area contributed by atoms with E-state index in [1.165, 1.54) is 11.1 Å². The SMILES string of the molecule is NC(=O)c1cnc(NCCCN(C(=O)O)C2CC2)nc1Nc1cccc(-c2ncccn2)c1. The van der Waals surface area contributed by atoms with Crippen molar-refractivity contribution in [3.63, 3.8) is 0 Å². The lowest BCUT2D eigenvalue weighted by atomic mass is 10.2. The first-order chi connectivity index (χ1) is 16.0. The number of rotatable bonds is 10. The number of nitrogens with zero attached hydrogens (tertiary/aromatic N) is 5. The monoisotopic (exact) mass is 448 g/mol. The molecule has 0 bridgehead atoms. The molecule has 1 saturated carbocycles. The second-order valence-electron chi connectivity index (χ2n) is 7.59. The summed E-state index contributed by atoms with van der Waals surface area (Å²) >= 11 is 0. The first-order valence-corrected chi connectivity index (χ1v) is 10.6. The molecule has 0 saturated heterocycles. The molecule has 11 nitrogen and oxygen atoms in total. The van der Waals surface area contributed by atoms with Crippen molar-refractivity contribution in [2.75, 3.05) is 23.7 Å². The Bertz CT molecular complexity index is 1140. The Morgan fingerprint density at radius 1 is 1.15 bits per heavy atom. The fourth-order valence-electron chi connectivity index (χ4n) is 3.33. The summed E-state index contributed by atoms with van der Waals surface area (Å²) in [4.78, 5) is 41.7. The Morgan fingerprint density at radius 3 is 2.64 bits per heavy atom. The molecular formula is C22H24N8O3. The van der Waals surface area contributed by atoms with Crippen LogP contribution in [0.3, 0.4) is 0 Å². The first-order valence-electron chi connectivity index (χ1n) is 10.6. The summed E-state index contributed by atoms with van der Waals surface area (Å²) in [5.74, 6) is 0.477. The van der Waals surface area contributed by atoms with E-state index in [9.17, 15) is 14.7 Å². The van der Waals surface area contributed by atoms with Crippen molar-refractivity contribution in [3.8, 4) is 11.4 Å². The fourth-order valence-corrected chi connectivity index (χ4v) is 3.33. The lowest BCUT2D eigenvalue weighted by Crippen LogP contribution is -2.33. The topological polar surface area (TPSA) is 159 Å². The zero-order chi connectivity index (χ0) is 23.2. The lowest BCUT2D eigenvalue weighted by molar-refractivity contribution is 0.100. The molecule has 2 aromatic heterocycles. The third-order valence-corrected chi connectivity index (χ3v) is 5.10. The zero-order valence-corrected chi connectivity index (χ0v) is 17.8. The molecule has 2 heterocycles. The Balaban J connectivity index is 1.44. The van der Waals surface area contributed by atoms with E-state index in [1.54, 1.807) is 18.5 Å². The third-order valence-electron chi connectivity index (χ3n) is 5.10. The number of benzene rings is 1. The normalized spacial score (nSPS) is 12.7. The number of nitrogens with two attached hydrogens (primary N) is 1. The van der Waals surface area contributed by atoms with Crippen LogP contribution in [0.4, 0.5) is 22.2 Å². The molecule has 1 aliphatic carbocycles. The van der Waals surface area contributed by atoms with Crippen molar-refractivity contribution < 1.29 is 14.7 Å². The second kappa shape index (κ2) is 9.90. The molecular weight excluding hydrogens is 424 g/mol. The molecule has 1 aliphatic rings. The van der Waals surface area contributed by atoms with E-state index in [1.807, 2.05) is 24.3 Å². The van der Waals surface area contributed by atoms with E-state index in [0.717, 1.165) is 18.4 Å². The highest BCUT2D eigenvalue weighted by Gasteiger charge is 2.31. The minimum absolute atomic E-state index is 0.140. The van der Waals surface area contributed by atoms with Crippen LogP contribution in [-0.4, -0.2) is 61.1 Å². The third kappa shape index (κ3) is 5.70. The Kier molecular flexibility index (Phi) is 6.58. The van der Waals surface area contributed by atoms with Crippen LogP contribution < -0.4 is 16.4 Å². The van der Waals surface area contributed by atoms with Crippen molar-refractivity contribution >= 4 is 29.5 Å². The molecule has 4 rings (SSSR count). The van der Waals surface area contributed by atoms with E-state index in [-0.39, 0.29) is 17.4 Å². The van der Waals surface area contributed by atoms with Gasteiger partial charge in [-0.1, -0.05) is 12.1 Å². The summed E-state index contributed by atoms with van der Waals surface area (Å²) in [6, 6.07) is 9.27. The van der Waals surface area contributed by atoms with Gasteiger partial charge in [-0.25, -0.2) is 19.7 Å². The van der Waals surface area contributed by atoms with Crippen LogP contribution in [0.5, 0.6) is 0 Å². The van der Waals surface area contributed by atoms with Gasteiger partial charge >= 0.3 is 6.09 Å². The number of hydrogen-bond donors (Lipinski definition) is 4. The summed E-state index contributed by atoms with van der Waals surface area (Å²) in [6.45, 7) is 0.915. The molecule has 170 valence electrons. The summed E-state index contributed by atoms with van der Waals surface area (Å²) in [5.41, 5.74) is 7.12. The zero-order valence-electron chi connectivity index (χ0n) is 17.8. The predicted molar refractivity (Wildman–Crippen MR) is 122 cm³/mol. The number of hydrogen-bond acceptors (Lipinski definition) is 8. The minimum atomic E-state index is -0.894. The van der Waals surface area contributed by atoms with Gasteiger partial charge in [-0.15, -0.1) is 0 Å². The summed E-state index contributed by atoms with van der Waals surface area (Å²) in [5, 5.41) is 15.5. The molecule has 1 aromatic carbocycles. The van der Waals surface area contributed by atoms with Crippen LogP contribution in [-0.2, 0) is 0 Å². The van der Waals surface area contributed by atoms with Gasteiger partial charge in [0.05, 0.1) is 0 Å². The van der Waals surface area contributed by atoms with Crippen molar-refractivity contribution in [1.82, 2.24) is 24.8 Å². The quantitative estimate of drug-likeness (QED) is 0.342. The number of anilines is 3. The van der Waals surface area contributed by atoms with E-state index in [0.29, 0.717) is 37.0 Å². The molecule has 3 aromatic rings. The van der Waals surface area contributed by atoms with Gasteiger partial charge in [-0.05, 0) is 37.5 Å². The number of carbonyl (C=O) groups excluding carboxylic acids is 1. The Labute approximate surface area is 190 Å². The van der Waals surface area contributed by atoms with Crippen LogP contribution in [0.1, 0.15) is 29.6 Å². The standard InChI is InChI=1S/C22H24N8O3/c23-18(31)17-13-27-21(26-10-3-11-30(22(32)33)16-6-7-16)29-20(17)28-15-5-1-4-14(12-15)19-24-8-2-9-25-19/h1-2,4-5,8-9,12-13,16H,3,6-7,10-11H2,(H2,23,31)(H,32,33)(H2,26,27,28,29). The van der Waals surface area contributed by atoms with Gasteiger partial charge in [0.25, 0.3) is 5.91 Å². The van der Waals surface area contributed by atoms with Gasteiger partial charge in [0, 0.05) is 49.0 Å². The van der Waals surface area contributed by atoms with Crippen LogP contribution in [0.25, 0.3) is 11.4 Å². The van der Waals surface area contributed by atoms with Crippen molar-refractivity contribution in [1.29, 1.82) is 0 Å². The number of carbonyl (C=O) groups is 2. The van der Waals surface area contributed by atoms with Crippen molar-refractivity contribution in [2.24, 2.45) is 5.73 Å². The lowest BCUT2D eigenvalue weighted by Gasteiger charge is -2.18. The highest BCUT2D eigenvalue weighted by molar-refractivity contribution is 5.98. The van der Waals surface area contributed by atoms with Crippen LogP contribution in [0, 0.1) is 0 Å². The van der Waals surface area contributed by atoms with Crippen molar-refractivity contribution in [2.45, 2.75) is 25.3 Å².